The molecule has 0 aromatic carbocycles. The van der Waals surface area contributed by atoms with Crippen LogP contribution in [0, 0.1) is 6.92 Å². The highest BCUT2D eigenvalue weighted by Crippen LogP contribution is 2.22. The molecule has 0 unspecified atom stereocenters. The fourth-order valence-electron chi connectivity index (χ4n) is 3.03. The maximum atomic E-state index is 4.52. The van der Waals surface area contributed by atoms with E-state index < -0.39 is 0 Å². The van der Waals surface area contributed by atoms with Gasteiger partial charge >= 0.3 is 0 Å². The summed E-state index contributed by atoms with van der Waals surface area (Å²) in [5.41, 5.74) is 2.33. The molecular formula is C15H27BrN4. The number of nitrogens with zero attached hydrogens (tertiary/aromatic N) is 3. The van der Waals surface area contributed by atoms with Crippen LogP contribution in [0.4, 0.5) is 0 Å². The Kier molecular flexibility index (Phi) is 6.05. The Balaban J connectivity index is 1.75. The van der Waals surface area contributed by atoms with Crippen molar-refractivity contribution >= 4 is 15.9 Å². The van der Waals surface area contributed by atoms with E-state index >= 15 is 0 Å². The van der Waals surface area contributed by atoms with Crippen molar-refractivity contribution in [2.75, 3.05) is 20.1 Å². The third kappa shape index (κ3) is 3.83. The first-order valence-corrected chi connectivity index (χ1v) is 8.55. The zero-order chi connectivity index (χ0) is 14.5. The van der Waals surface area contributed by atoms with Gasteiger partial charge in [0.15, 0.2) is 0 Å². The molecule has 0 atom stereocenters. The van der Waals surface area contributed by atoms with E-state index in [1.165, 1.54) is 31.4 Å². The van der Waals surface area contributed by atoms with Gasteiger partial charge < -0.3 is 10.2 Å². The van der Waals surface area contributed by atoms with Crippen molar-refractivity contribution in [1.29, 1.82) is 0 Å². The predicted molar refractivity (Wildman–Crippen MR) is 86.9 cm³/mol. The summed E-state index contributed by atoms with van der Waals surface area (Å²) >= 11 is 3.64. The summed E-state index contributed by atoms with van der Waals surface area (Å²) in [5.74, 6) is 0. The summed E-state index contributed by atoms with van der Waals surface area (Å²) in [7, 11) is 2.26. The molecule has 1 aliphatic carbocycles. The van der Waals surface area contributed by atoms with Crippen LogP contribution >= 0.6 is 15.9 Å². The van der Waals surface area contributed by atoms with Gasteiger partial charge in [0.25, 0.3) is 0 Å². The SMILES string of the molecule is CCn1nc(C)c(Br)c1CNCCN(C)C1CCCC1. The largest absolute Gasteiger partial charge is 0.310 e. The highest BCUT2D eigenvalue weighted by Gasteiger charge is 2.18. The summed E-state index contributed by atoms with van der Waals surface area (Å²) in [5, 5.41) is 8.08. The second kappa shape index (κ2) is 7.57. The minimum atomic E-state index is 0.812. The molecule has 1 saturated carbocycles. The number of likely N-dealkylation sites (N-methyl/N-ethyl adjacent to an activating group) is 1. The number of halogens is 1. The zero-order valence-electron chi connectivity index (χ0n) is 13.0. The first kappa shape index (κ1) is 16.0. The molecular weight excluding hydrogens is 316 g/mol. The van der Waals surface area contributed by atoms with E-state index in [0.717, 1.165) is 42.4 Å². The van der Waals surface area contributed by atoms with Gasteiger partial charge in [-0.2, -0.15) is 5.10 Å². The van der Waals surface area contributed by atoms with Crippen molar-refractivity contribution in [3.8, 4) is 0 Å². The number of nitrogens with one attached hydrogen (secondary N) is 1. The van der Waals surface area contributed by atoms with Crippen LogP contribution in [0.5, 0.6) is 0 Å². The second-order valence-corrected chi connectivity index (χ2v) is 6.55. The zero-order valence-corrected chi connectivity index (χ0v) is 14.5. The Morgan fingerprint density at radius 2 is 2.10 bits per heavy atom. The Hall–Kier alpha value is -0.390. The number of rotatable bonds is 7. The van der Waals surface area contributed by atoms with Crippen molar-refractivity contribution in [1.82, 2.24) is 20.0 Å². The molecule has 2 rings (SSSR count). The Labute approximate surface area is 131 Å². The molecule has 114 valence electrons. The monoisotopic (exact) mass is 342 g/mol. The normalized spacial score (nSPS) is 16.4. The maximum Gasteiger partial charge on any atom is 0.0739 e. The summed E-state index contributed by atoms with van der Waals surface area (Å²) in [6, 6.07) is 0.812. The molecule has 1 aromatic rings. The van der Waals surface area contributed by atoms with Crippen LogP contribution in [-0.4, -0.2) is 40.9 Å². The van der Waals surface area contributed by atoms with Gasteiger partial charge in [-0.3, -0.25) is 4.68 Å². The van der Waals surface area contributed by atoms with Crippen molar-refractivity contribution in [3.05, 3.63) is 15.9 Å². The van der Waals surface area contributed by atoms with E-state index in [1.54, 1.807) is 0 Å². The van der Waals surface area contributed by atoms with Crippen LogP contribution in [0.1, 0.15) is 44.0 Å². The summed E-state index contributed by atoms with van der Waals surface area (Å²) in [6.07, 6.45) is 5.57. The predicted octanol–water partition coefficient (Wildman–Crippen LogP) is 2.94. The molecule has 1 aliphatic rings. The van der Waals surface area contributed by atoms with Gasteiger partial charge in [0.05, 0.1) is 15.9 Å². The van der Waals surface area contributed by atoms with Crippen molar-refractivity contribution in [2.45, 2.75) is 58.7 Å². The highest BCUT2D eigenvalue weighted by molar-refractivity contribution is 9.10. The topological polar surface area (TPSA) is 33.1 Å². The lowest BCUT2D eigenvalue weighted by molar-refractivity contribution is 0.245. The van der Waals surface area contributed by atoms with Crippen LogP contribution in [0.25, 0.3) is 0 Å². The number of aryl methyl sites for hydroxylation is 2. The van der Waals surface area contributed by atoms with Crippen LogP contribution in [0.15, 0.2) is 4.47 Å². The fourth-order valence-corrected chi connectivity index (χ4v) is 3.45. The molecule has 0 aliphatic heterocycles. The van der Waals surface area contributed by atoms with E-state index in [9.17, 15) is 0 Å². The lowest BCUT2D eigenvalue weighted by Crippen LogP contribution is -2.35. The standard InChI is InChI=1S/C15H27BrN4/c1-4-20-14(15(16)12(2)18-20)11-17-9-10-19(3)13-7-5-6-8-13/h13,17H,4-11H2,1-3H3. The quantitative estimate of drug-likeness (QED) is 0.773. The maximum absolute atomic E-state index is 4.52. The molecule has 5 heteroatoms. The summed E-state index contributed by atoms with van der Waals surface area (Å²) in [4.78, 5) is 2.51. The number of hydrogen-bond donors (Lipinski definition) is 1. The van der Waals surface area contributed by atoms with E-state index in [0.29, 0.717) is 0 Å². The summed E-state index contributed by atoms with van der Waals surface area (Å²) in [6.45, 7) is 8.15. The lowest BCUT2D eigenvalue weighted by Gasteiger charge is -2.24. The van der Waals surface area contributed by atoms with E-state index in [4.69, 9.17) is 0 Å². The Morgan fingerprint density at radius 3 is 2.75 bits per heavy atom. The molecule has 0 saturated heterocycles. The van der Waals surface area contributed by atoms with Crippen molar-refractivity contribution < 1.29 is 0 Å². The average Bonchev–Trinajstić information content (AvgIpc) is 3.06. The Bertz CT molecular complexity index is 424. The summed E-state index contributed by atoms with van der Waals surface area (Å²) < 4.78 is 3.23. The van der Waals surface area contributed by atoms with E-state index in [-0.39, 0.29) is 0 Å². The van der Waals surface area contributed by atoms with Crippen LogP contribution in [0.3, 0.4) is 0 Å². The highest BCUT2D eigenvalue weighted by atomic mass is 79.9. The van der Waals surface area contributed by atoms with Gasteiger partial charge in [-0.15, -0.1) is 0 Å². The molecule has 0 bridgehead atoms. The lowest BCUT2D eigenvalue weighted by atomic mass is 10.2. The first-order chi connectivity index (χ1) is 9.63. The molecule has 1 heterocycles. The Morgan fingerprint density at radius 1 is 1.40 bits per heavy atom. The molecule has 0 amide bonds. The first-order valence-electron chi connectivity index (χ1n) is 7.76. The molecule has 0 radical (unpaired) electrons. The smallest absolute Gasteiger partial charge is 0.0739 e. The minimum absolute atomic E-state index is 0.812. The van der Waals surface area contributed by atoms with Gasteiger partial charge in [0.2, 0.25) is 0 Å². The third-order valence-corrected chi connectivity index (χ3v) is 5.37. The molecule has 0 spiro atoms. The van der Waals surface area contributed by atoms with Crippen molar-refractivity contribution in [2.24, 2.45) is 0 Å². The van der Waals surface area contributed by atoms with Crippen LogP contribution in [-0.2, 0) is 13.1 Å². The van der Waals surface area contributed by atoms with Crippen molar-refractivity contribution in [3.63, 3.8) is 0 Å². The van der Waals surface area contributed by atoms with Gasteiger partial charge in [0.1, 0.15) is 0 Å². The average molecular weight is 343 g/mol. The second-order valence-electron chi connectivity index (χ2n) is 5.76. The third-order valence-electron chi connectivity index (χ3n) is 4.33. The van der Waals surface area contributed by atoms with Gasteiger partial charge in [0, 0.05) is 32.2 Å². The van der Waals surface area contributed by atoms with Gasteiger partial charge in [-0.25, -0.2) is 0 Å². The van der Waals surface area contributed by atoms with E-state index in [1.807, 2.05) is 6.92 Å². The number of hydrogen-bond acceptors (Lipinski definition) is 3. The molecule has 4 nitrogen and oxygen atoms in total. The molecule has 1 fully saturated rings. The van der Waals surface area contributed by atoms with Crippen LogP contribution < -0.4 is 5.32 Å². The van der Waals surface area contributed by atoms with E-state index in [2.05, 4.69) is 49.9 Å². The van der Waals surface area contributed by atoms with Crippen LogP contribution in [0.2, 0.25) is 0 Å². The fraction of sp³-hybridized carbons (Fsp3) is 0.800. The van der Waals surface area contributed by atoms with Gasteiger partial charge in [-0.1, -0.05) is 12.8 Å². The van der Waals surface area contributed by atoms with Gasteiger partial charge in [-0.05, 0) is 49.7 Å². The number of aromatic nitrogens is 2. The molecule has 1 aromatic heterocycles. The molecule has 20 heavy (non-hydrogen) atoms. The minimum Gasteiger partial charge on any atom is -0.310 e. The molecule has 1 N–H and O–H groups in total.